The second-order valence-electron chi connectivity index (χ2n) is 7.24. The minimum Gasteiger partial charge on any atom is -0.480 e. The molecule has 0 spiro atoms. The molecule has 1 saturated heterocycles. The lowest BCUT2D eigenvalue weighted by Crippen LogP contribution is -2.61. The van der Waals surface area contributed by atoms with Crippen LogP contribution in [0.15, 0.2) is 0 Å². The van der Waals surface area contributed by atoms with Gasteiger partial charge in [0.2, 0.25) is 0 Å². The van der Waals surface area contributed by atoms with Gasteiger partial charge in [-0.25, -0.2) is 0 Å². The summed E-state index contributed by atoms with van der Waals surface area (Å²) in [5, 5.41) is 9.85. The molecule has 0 bridgehead atoms. The van der Waals surface area contributed by atoms with E-state index in [4.69, 9.17) is 0 Å². The molecule has 1 N–H and O–H groups in total. The van der Waals surface area contributed by atoms with Gasteiger partial charge in [-0.1, -0.05) is 27.2 Å². The number of likely N-dealkylation sites (tertiary alicyclic amines) is 1. The Balaban J connectivity index is 2.27. The molecule has 18 heavy (non-hydrogen) atoms. The van der Waals surface area contributed by atoms with Crippen LogP contribution in [0, 0.1) is 11.3 Å². The fraction of sp³-hybridized carbons (Fsp3) is 0.933. The van der Waals surface area contributed by atoms with Crippen molar-refractivity contribution < 1.29 is 9.90 Å². The Labute approximate surface area is 111 Å². The molecule has 2 fully saturated rings. The Morgan fingerprint density at radius 1 is 1.17 bits per heavy atom. The van der Waals surface area contributed by atoms with Crippen LogP contribution in [-0.2, 0) is 4.79 Å². The maximum absolute atomic E-state index is 12.0. The van der Waals surface area contributed by atoms with Crippen molar-refractivity contribution in [1.82, 2.24) is 4.90 Å². The Bertz CT molecular complexity index is 320. The smallest absolute Gasteiger partial charge is 0.324 e. The second-order valence-corrected chi connectivity index (χ2v) is 7.24. The molecule has 0 radical (unpaired) electrons. The van der Waals surface area contributed by atoms with Crippen LogP contribution in [0.1, 0.15) is 59.3 Å². The molecular formula is C15H27NO2. The Kier molecular flexibility index (Phi) is 3.72. The average Bonchev–Trinajstić information content (AvgIpc) is 2.27. The van der Waals surface area contributed by atoms with Crippen LogP contribution in [0.25, 0.3) is 0 Å². The zero-order valence-electron chi connectivity index (χ0n) is 12.0. The minimum atomic E-state index is -0.596. The summed E-state index contributed by atoms with van der Waals surface area (Å²) in [6.45, 7) is 8.60. The lowest BCUT2D eigenvalue weighted by molar-refractivity contribution is -0.160. The molecule has 3 nitrogen and oxygen atoms in total. The summed E-state index contributed by atoms with van der Waals surface area (Å²) in [7, 11) is 0. The van der Waals surface area contributed by atoms with Crippen LogP contribution < -0.4 is 0 Å². The first-order valence-electron chi connectivity index (χ1n) is 7.34. The molecule has 1 saturated carbocycles. The van der Waals surface area contributed by atoms with Gasteiger partial charge in [0.1, 0.15) is 5.54 Å². The molecule has 0 aromatic carbocycles. The van der Waals surface area contributed by atoms with Gasteiger partial charge in [-0.2, -0.15) is 0 Å². The normalized spacial score (nSPS) is 37.4. The molecule has 0 amide bonds. The van der Waals surface area contributed by atoms with E-state index >= 15 is 0 Å². The summed E-state index contributed by atoms with van der Waals surface area (Å²) in [6.07, 6.45) is 6.35. The maximum atomic E-state index is 12.0. The fourth-order valence-electron chi connectivity index (χ4n) is 4.39. The maximum Gasteiger partial charge on any atom is 0.324 e. The van der Waals surface area contributed by atoms with Crippen LogP contribution >= 0.6 is 0 Å². The minimum absolute atomic E-state index is 0.146. The van der Waals surface area contributed by atoms with E-state index in [1.165, 1.54) is 6.42 Å². The van der Waals surface area contributed by atoms with Crippen molar-refractivity contribution in [3.8, 4) is 0 Å². The highest BCUT2D eigenvalue weighted by molar-refractivity contribution is 5.79. The van der Waals surface area contributed by atoms with Crippen LogP contribution in [0.2, 0.25) is 0 Å². The third-order valence-electron chi connectivity index (χ3n) is 4.72. The summed E-state index contributed by atoms with van der Waals surface area (Å²) in [6, 6.07) is 0. The van der Waals surface area contributed by atoms with E-state index in [0.717, 1.165) is 45.2 Å². The predicted molar refractivity (Wildman–Crippen MR) is 72.6 cm³/mol. The van der Waals surface area contributed by atoms with Gasteiger partial charge in [-0.05, 0) is 56.5 Å². The number of piperidine rings is 1. The summed E-state index contributed by atoms with van der Waals surface area (Å²) in [5.74, 6) is -0.0872. The van der Waals surface area contributed by atoms with Crippen molar-refractivity contribution >= 4 is 5.97 Å². The molecule has 1 aliphatic heterocycles. The van der Waals surface area contributed by atoms with Crippen molar-refractivity contribution in [3.05, 3.63) is 0 Å². The molecule has 0 aromatic heterocycles. The molecular weight excluding hydrogens is 226 g/mol. The van der Waals surface area contributed by atoms with Crippen LogP contribution in [-0.4, -0.2) is 34.6 Å². The average molecular weight is 253 g/mol. The van der Waals surface area contributed by atoms with E-state index < -0.39 is 11.5 Å². The SMILES string of the molecule is CC1CC(C)(C)CC(C(=O)O)(N2CCCCC2)C1. The number of hydrogen-bond donors (Lipinski definition) is 1. The highest BCUT2D eigenvalue weighted by Gasteiger charge is 2.51. The molecule has 2 aliphatic rings. The Hall–Kier alpha value is -0.570. The number of carboxylic acids is 1. The summed E-state index contributed by atoms with van der Waals surface area (Å²) < 4.78 is 0. The quantitative estimate of drug-likeness (QED) is 0.822. The van der Waals surface area contributed by atoms with Crippen LogP contribution in [0.5, 0.6) is 0 Å². The molecule has 2 unspecified atom stereocenters. The number of carboxylic acid groups (broad SMARTS) is 1. The van der Waals surface area contributed by atoms with Gasteiger partial charge in [0.05, 0.1) is 0 Å². The first-order valence-corrected chi connectivity index (χ1v) is 7.34. The van der Waals surface area contributed by atoms with Crippen molar-refractivity contribution in [2.45, 2.75) is 64.8 Å². The van der Waals surface area contributed by atoms with E-state index in [1.807, 2.05) is 0 Å². The van der Waals surface area contributed by atoms with Gasteiger partial charge < -0.3 is 5.11 Å². The lowest BCUT2D eigenvalue weighted by atomic mass is 9.63. The van der Waals surface area contributed by atoms with Crippen molar-refractivity contribution in [1.29, 1.82) is 0 Å². The van der Waals surface area contributed by atoms with Crippen LogP contribution in [0.3, 0.4) is 0 Å². The molecule has 2 rings (SSSR count). The Morgan fingerprint density at radius 2 is 1.78 bits per heavy atom. The first-order chi connectivity index (χ1) is 8.36. The third-order valence-corrected chi connectivity index (χ3v) is 4.72. The highest BCUT2D eigenvalue weighted by atomic mass is 16.4. The standard InChI is InChI=1S/C15H27NO2/c1-12-9-14(2,3)11-15(10-12,13(17)18)16-7-5-4-6-8-16/h12H,4-11H2,1-3H3,(H,17,18). The number of rotatable bonds is 2. The number of hydrogen-bond acceptors (Lipinski definition) is 2. The summed E-state index contributed by atoms with van der Waals surface area (Å²) in [4.78, 5) is 14.2. The number of carbonyl (C=O) groups is 1. The Morgan fingerprint density at radius 3 is 2.28 bits per heavy atom. The largest absolute Gasteiger partial charge is 0.480 e. The molecule has 104 valence electrons. The topological polar surface area (TPSA) is 40.5 Å². The van der Waals surface area contributed by atoms with E-state index in [1.54, 1.807) is 0 Å². The van der Waals surface area contributed by atoms with Gasteiger partial charge in [0.15, 0.2) is 0 Å². The van der Waals surface area contributed by atoms with Crippen molar-refractivity contribution in [2.75, 3.05) is 13.1 Å². The summed E-state index contributed by atoms with van der Waals surface area (Å²) in [5.41, 5.74) is -0.449. The lowest BCUT2D eigenvalue weighted by Gasteiger charge is -2.51. The van der Waals surface area contributed by atoms with Crippen molar-refractivity contribution in [2.24, 2.45) is 11.3 Å². The monoisotopic (exact) mass is 253 g/mol. The molecule has 0 aromatic rings. The highest BCUT2D eigenvalue weighted by Crippen LogP contribution is 2.47. The fourth-order valence-corrected chi connectivity index (χ4v) is 4.39. The molecule has 1 aliphatic carbocycles. The first kappa shape index (κ1) is 13.9. The van der Waals surface area contributed by atoms with E-state index in [2.05, 4.69) is 25.7 Å². The summed E-state index contributed by atoms with van der Waals surface area (Å²) >= 11 is 0. The predicted octanol–water partition coefficient (Wildman–Crippen LogP) is 3.14. The van der Waals surface area contributed by atoms with E-state index in [-0.39, 0.29) is 5.41 Å². The van der Waals surface area contributed by atoms with Gasteiger partial charge in [0.25, 0.3) is 0 Å². The van der Waals surface area contributed by atoms with Gasteiger partial charge in [-0.15, -0.1) is 0 Å². The van der Waals surface area contributed by atoms with E-state index in [9.17, 15) is 9.90 Å². The zero-order valence-corrected chi connectivity index (χ0v) is 12.0. The van der Waals surface area contributed by atoms with Crippen LogP contribution in [0.4, 0.5) is 0 Å². The van der Waals surface area contributed by atoms with Gasteiger partial charge in [0, 0.05) is 0 Å². The van der Waals surface area contributed by atoms with Gasteiger partial charge in [-0.3, -0.25) is 9.69 Å². The van der Waals surface area contributed by atoms with E-state index in [0.29, 0.717) is 5.92 Å². The number of aliphatic carboxylic acids is 1. The molecule has 2 atom stereocenters. The third kappa shape index (κ3) is 2.56. The second kappa shape index (κ2) is 4.84. The van der Waals surface area contributed by atoms with Crippen molar-refractivity contribution in [3.63, 3.8) is 0 Å². The zero-order chi connectivity index (χ0) is 13.4. The number of nitrogens with zero attached hydrogens (tertiary/aromatic N) is 1. The molecule has 1 heterocycles. The molecule has 3 heteroatoms. The van der Waals surface area contributed by atoms with Gasteiger partial charge >= 0.3 is 5.97 Å².